The van der Waals surface area contributed by atoms with Gasteiger partial charge in [0.2, 0.25) is 0 Å². The average Bonchev–Trinajstić information content (AvgIpc) is 2.87. The molecule has 0 aliphatic carbocycles. The first-order valence-electron chi connectivity index (χ1n) is 11.0. The Balaban J connectivity index is 0.000000196. The number of anilines is 4. The summed E-state index contributed by atoms with van der Waals surface area (Å²) in [7, 11) is 1.39. The van der Waals surface area contributed by atoms with Crippen LogP contribution in [0.3, 0.4) is 0 Å². The fourth-order valence-corrected chi connectivity index (χ4v) is 3.34. The third-order valence-corrected chi connectivity index (χ3v) is 5.09. The normalized spacial score (nSPS) is 9.91. The van der Waals surface area contributed by atoms with Crippen LogP contribution in [0.15, 0.2) is 97.1 Å². The summed E-state index contributed by atoms with van der Waals surface area (Å²) in [5.74, 6) is -1.26. The topological polar surface area (TPSA) is 87.7 Å². The maximum atomic E-state index is 11.7. The highest BCUT2D eigenvalue weighted by molar-refractivity contribution is 5.97. The number of nitrogens with one attached hydrogen (secondary N) is 2. The molecule has 4 rings (SSSR count). The van der Waals surface area contributed by atoms with Gasteiger partial charge < -0.3 is 20.5 Å². The predicted molar refractivity (Wildman–Crippen MR) is 140 cm³/mol. The molecule has 0 atom stereocenters. The molecule has 6 nitrogen and oxygen atoms in total. The number of benzene rings is 4. The predicted octanol–water partition coefficient (Wildman–Crippen LogP) is 6.96. The molecule has 0 saturated carbocycles. The van der Waals surface area contributed by atoms with Gasteiger partial charge in [0.05, 0.1) is 29.6 Å². The molecule has 178 valence electrons. The van der Waals surface area contributed by atoms with Crippen LogP contribution in [0.4, 0.5) is 22.7 Å². The number of ether oxygens (including phenoxy) is 1. The number of esters is 1. The van der Waals surface area contributed by atoms with E-state index in [1.807, 2.05) is 98.8 Å². The maximum absolute atomic E-state index is 11.7. The Hall–Kier alpha value is -4.58. The van der Waals surface area contributed by atoms with Crippen LogP contribution in [0.25, 0.3) is 0 Å². The zero-order valence-electron chi connectivity index (χ0n) is 19.9. The Morgan fingerprint density at radius 3 is 1.51 bits per heavy atom. The second-order valence-corrected chi connectivity index (χ2v) is 7.88. The van der Waals surface area contributed by atoms with E-state index < -0.39 is 5.97 Å². The van der Waals surface area contributed by atoms with Gasteiger partial charge in [0.25, 0.3) is 0 Å². The minimum absolute atomic E-state index is 0.286. The van der Waals surface area contributed by atoms with Gasteiger partial charge >= 0.3 is 11.9 Å². The van der Waals surface area contributed by atoms with Crippen molar-refractivity contribution in [3.05, 3.63) is 119 Å². The van der Waals surface area contributed by atoms with E-state index in [-0.39, 0.29) is 11.5 Å². The summed E-state index contributed by atoms with van der Waals surface area (Å²) < 4.78 is 4.79. The van der Waals surface area contributed by atoms with Crippen molar-refractivity contribution in [2.75, 3.05) is 17.7 Å². The molecule has 6 heteroatoms. The van der Waals surface area contributed by atoms with Gasteiger partial charge in [-0.3, -0.25) is 0 Å². The summed E-state index contributed by atoms with van der Waals surface area (Å²) in [6, 6.07) is 30.2. The van der Waals surface area contributed by atoms with Gasteiger partial charge in [0.15, 0.2) is 0 Å². The quantitative estimate of drug-likeness (QED) is 0.265. The lowest BCUT2D eigenvalue weighted by Gasteiger charge is -2.11. The van der Waals surface area contributed by atoms with E-state index in [0.29, 0.717) is 11.3 Å². The lowest BCUT2D eigenvalue weighted by molar-refractivity contribution is 0.0601. The summed E-state index contributed by atoms with van der Waals surface area (Å²) in [5, 5.41) is 15.4. The van der Waals surface area contributed by atoms with Crippen LogP contribution in [-0.4, -0.2) is 24.2 Å². The molecule has 35 heavy (non-hydrogen) atoms. The third kappa shape index (κ3) is 7.20. The van der Waals surface area contributed by atoms with Crippen molar-refractivity contribution in [2.24, 2.45) is 0 Å². The summed E-state index contributed by atoms with van der Waals surface area (Å²) >= 11 is 0. The number of carbonyl (C=O) groups is 2. The van der Waals surface area contributed by atoms with Gasteiger partial charge in [0.1, 0.15) is 0 Å². The Labute approximate surface area is 205 Å². The number of aryl methyl sites for hydroxylation is 2. The van der Waals surface area contributed by atoms with E-state index in [1.54, 1.807) is 12.1 Å². The number of hydrogen-bond acceptors (Lipinski definition) is 5. The number of aromatic carboxylic acids is 1. The largest absolute Gasteiger partial charge is 0.478 e. The number of para-hydroxylation sites is 2. The van der Waals surface area contributed by atoms with Gasteiger partial charge in [-0.2, -0.15) is 0 Å². The fraction of sp³-hybridized carbons (Fsp3) is 0.103. The van der Waals surface area contributed by atoms with Crippen molar-refractivity contribution < 1.29 is 19.4 Å². The lowest BCUT2D eigenvalue weighted by Crippen LogP contribution is -2.06. The number of carboxylic acid groups (broad SMARTS) is 1. The number of rotatable bonds is 6. The fourth-order valence-electron chi connectivity index (χ4n) is 3.34. The van der Waals surface area contributed by atoms with Crippen LogP contribution >= 0.6 is 0 Å². The van der Waals surface area contributed by atoms with Crippen LogP contribution in [0.5, 0.6) is 0 Å². The van der Waals surface area contributed by atoms with Crippen LogP contribution < -0.4 is 10.6 Å². The van der Waals surface area contributed by atoms with Crippen molar-refractivity contribution in [1.29, 1.82) is 0 Å². The minimum Gasteiger partial charge on any atom is -0.478 e. The van der Waals surface area contributed by atoms with Gasteiger partial charge in [-0.1, -0.05) is 59.7 Å². The molecule has 0 radical (unpaired) electrons. The van der Waals surface area contributed by atoms with Crippen molar-refractivity contribution in [3.8, 4) is 0 Å². The van der Waals surface area contributed by atoms with Crippen molar-refractivity contribution >= 4 is 34.7 Å². The molecule has 0 spiro atoms. The van der Waals surface area contributed by atoms with Gasteiger partial charge in [0, 0.05) is 11.4 Å². The highest BCUT2D eigenvalue weighted by Gasteiger charge is 2.12. The summed E-state index contributed by atoms with van der Waals surface area (Å²) in [6.45, 7) is 3.82. The second kappa shape index (κ2) is 12.0. The SMILES string of the molecule is COC(=O)c1cc(C)ccc1Nc1ccccc1.Cc1ccc(Nc2ccccc2)c(C(=O)O)c1. The molecule has 4 aromatic carbocycles. The van der Waals surface area contributed by atoms with Crippen LogP contribution in [0.1, 0.15) is 31.8 Å². The van der Waals surface area contributed by atoms with Crippen molar-refractivity contribution in [2.45, 2.75) is 13.8 Å². The zero-order valence-corrected chi connectivity index (χ0v) is 19.9. The summed E-state index contributed by atoms with van der Waals surface area (Å²) in [4.78, 5) is 22.8. The molecule has 0 aliphatic heterocycles. The van der Waals surface area contributed by atoms with Gasteiger partial charge in [-0.05, 0) is 62.4 Å². The highest BCUT2D eigenvalue weighted by Crippen LogP contribution is 2.23. The maximum Gasteiger partial charge on any atom is 0.339 e. The molecule has 4 aromatic rings. The molecule has 0 saturated heterocycles. The highest BCUT2D eigenvalue weighted by atomic mass is 16.5. The van der Waals surface area contributed by atoms with E-state index >= 15 is 0 Å². The monoisotopic (exact) mass is 468 g/mol. The smallest absolute Gasteiger partial charge is 0.339 e. The minimum atomic E-state index is -0.924. The van der Waals surface area contributed by atoms with E-state index in [2.05, 4.69) is 10.6 Å². The first-order chi connectivity index (χ1) is 16.9. The van der Waals surface area contributed by atoms with Crippen molar-refractivity contribution in [3.63, 3.8) is 0 Å². The van der Waals surface area contributed by atoms with Crippen molar-refractivity contribution in [1.82, 2.24) is 0 Å². The summed E-state index contributed by atoms with van der Waals surface area (Å²) in [5.41, 5.74) is 5.95. The third-order valence-electron chi connectivity index (χ3n) is 5.09. The van der Waals surface area contributed by atoms with Crippen LogP contribution in [0.2, 0.25) is 0 Å². The number of methoxy groups -OCH3 is 1. The van der Waals surface area contributed by atoms with Gasteiger partial charge in [-0.15, -0.1) is 0 Å². The molecule has 0 unspecified atom stereocenters. The molecular weight excluding hydrogens is 440 g/mol. The number of carbonyl (C=O) groups excluding carboxylic acids is 1. The molecular formula is C29H28N2O4. The lowest BCUT2D eigenvalue weighted by atomic mass is 10.1. The standard InChI is InChI=1S/C15H15NO2.C14H13NO2/c1-11-8-9-14(13(10-11)15(17)18-2)16-12-6-4-3-5-7-12;1-10-7-8-13(12(9-10)14(16)17)15-11-5-3-2-4-6-11/h3-10,16H,1-2H3;2-9,15H,1H3,(H,16,17). The molecule has 0 aliphatic rings. The Kier molecular flexibility index (Phi) is 8.62. The first kappa shape index (κ1) is 25.1. The van der Waals surface area contributed by atoms with E-state index in [0.717, 1.165) is 28.2 Å². The Morgan fingerprint density at radius 2 is 1.09 bits per heavy atom. The van der Waals surface area contributed by atoms with Crippen LogP contribution in [0, 0.1) is 13.8 Å². The zero-order chi connectivity index (χ0) is 25.2. The van der Waals surface area contributed by atoms with Crippen LogP contribution in [-0.2, 0) is 4.74 Å². The molecule has 0 fully saturated rings. The van der Waals surface area contributed by atoms with E-state index in [9.17, 15) is 9.59 Å². The summed E-state index contributed by atoms with van der Waals surface area (Å²) in [6.07, 6.45) is 0. The number of carboxylic acids is 1. The molecule has 3 N–H and O–H groups in total. The first-order valence-corrected chi connectivity index (χ1v) is 11.0. The molecule has 0 bridgehead atoms. The molecule has 0 aromatic heterocycles. The molecule has 0 heterocycles. The number of hydrogen-bond donors (Lipinski definition) is 3. The Morgan fingerprint density at radius 1 is 0.657 bits per heavy atom. The van der Waals surface area contributed by atoms with Gasteiger partial charge in [-0.25, -0.2) is 9.59 Å². The average molecular weight is 469 g/mol. The Bertz CT molecular complexity index is 1290. The second-order valence-electron chi connectivity index (χ2n) is 7.88. The molecule has 0 amide bonds. The van der Waals surface area contributed by atoms with E-state index in [4.69, 9.17) is 9.84 Å². The van der Waals surface area contributed by atoms with E-state index in [1.165, 1.54) is 7.11 Å².